The quantitative estimate of drug-likeness (QED) is 0.508. The summed E-state index contributed by atoms with van der Waals surface area (Å²) in [6.45, 7) is 1.00. The molecule has 2 N–H and O–H groups in total. The Hall–Kier alpha value is -1.96. The van der Waals surface area contributed by atoms with Crippen molar-refractivity contribution in [3.63, 3.8) is 0 Å². The molecule has 1 atom stereocenters. The van der Waals surface area contributed by atoms with Gasteiger partial charge in [-0.3, -0.25) is 0 Å². The molecule has 0 aliphatic heterocycles. The standard InChI is InChI=1S/C12H12ClF3N2O3/c1-2-21-9(19)11(13,12(14,15)16)18-10(20)17-8-6-4-3-5-7-8/h3-7H,2H2,1H3,(H2,17,18,20). The number of anilines is 1. The van der Waals surface area contributed by atoms with E-state index in [-0.39, 0.29) is 12.3 Å². The minimum atomic E-state index is -5.23. The molecule has 0 aliphatic rings. The molecule has 0 radical (unpaired) electrons. The van der Waals surface area contributed by atoms with Crippen LogP contribution in [0.25, 0.3) is 0 Å². The first-order chi connectivity index (χ1) is 9.70. The lowest BCUT2D eigenvalue weighted by Gasteiger charge is -2.28. The fraction of sp³-hybridized carbons (Fsp3) is 0.333. The average molecular weight is 325 g/mol. The van der Waals surface area contributed by atoms with Gasteiger partial charge in [0.15, 0.2) is 0 Å². The van der Waals surface area contributed by atoms with Crippen LogP contribution in [0.5, 0.6) is 0 Å². The summed E-state index contributed by atoms with van der Waals surface area (Å²) in [7, 11) is 0. The van der Waals surface area contributed by atoms with Crippen LogP contribution in [0, 0.1) is 0 Å². The van der Waals surface area contributed by atoms with Crippen molar-refractivity contribution in [2.45, 2.75) is 18.1 Å². The van der Waals surface area contributed by atoms with E-state index in [9.17, 15) is 22.8 Å². The predicted octanol–water partition coefficient (Wildman–Crippen LogP) is 2.87. The van der Waals surface area contributed by atoms with Crippen molar-refractivity contribution in [2.24, 2.45) is 0 Å². The topological polar surface area (TPSA) is 67.4 Å². The second kappa shape index (κ2) is 6.66. The molecule has 0 fully saturated rings. The smallest absolute Gasteiger partial charge is 0.437 e. The Morgan fingerprint density at radius 3 is 2.29 bits per heavy atom. The lowest BCUT2D eigenvalue weighted by atomic mass is 10.2. The summed E-state index contributed by atoms with van der Waals surface area (Å²) < 4.78 is 43.0. The molecule has 0 saturated carbocycles. The molecule has 0 saturated heterocycles. The highest BCUT2D eigenvalue weighted by Gasteiger charge is 2.62. The van der Waals surface area contributed by atoms with Gasteiger partial charge in [-0.05, 0) is 19.1 Å². The number of halogens is 4. The number of esters is 1. The molecule has 1 aromatic rings. The first-order valence-electron chi connectivity index (χ1n) is 5.77. The highest BCUT2D eigenvalue weighted by atomic mass is 35.5. The zero-order valence-corrected chi connectivity index (χ0v) is 11.6. The number of amides is 2. The zero-order chi connectivity index (χ0) is 16.1. The number of alkyl halides is 4. The van der Waals surface area contributed by atoms with Gasteiger partial charge in [-0.1, -0.05) is 29.8 Å². The number of rotatable bonds is 4. The Morgan fingerprint density at radius 1 is 1.24 bits per heavy atom. The monoisotopic (exact) mass is 324 g/mol. The summed E-state index contributed by atoms with van der Waals surface area (Å²) in [6.07, 6.45) is -5.23. The molecule has 0 heterocycles. The average Bonchev–Trinajstić information content (AvgIpc) is 2.38. The second-order valence-electron chi connectivity index (χ2n) is 3.82. The van der Waals surface area contributed by atoms with Crippen molar-refractivity contribution >= 4 is 29.3 Å². The maximum absolute atomic E-state index is 12.9. The van der Waals surface area contributed by atoms with Gasteiger partial charge in [-0.2, -0.15) is 13.2 Å². The number of carbonyl (C=O) groups is 2. The minimum absolute atomic E-state index is 0.236. The number of carbonyl (C=O) groups excluding carboxylic acids is 2. The van der Waals surface area contributed by atoms with Crippen LogP contribution in [-0.2, 0) is 9.53 Å². The van der Waals surface area contributed by atoms with Crippen molar-refractivity contribution < 1.29 is 27.5 Å². The summed E-state index contributed by atoms with van der Waals surface area (Å²) in [5.41, 5.74) is 0.236. The Bertz CT molecular complexity index is 510. The van der Waals surface area contributed by atoms with Crippen LogP contribution in [0.3, 0.4) is 0 Å². The highest BCUT2D eigenvalue weighted by Crippen LogP contribution is 2.35. The third kappa shape index (κ3) is 4.25. The van der Waals surface area contributed by atoms with Crippen molar-refractivity contribution in [1.29, 1.82) is 0 Å². The molecule has 2 amide bonds. The van der Waals surface area contributed by atoms with Crippen LogP contribution in [0.1, 0.15) is 6.92 Å². The van der Waals surface area contributed by atoms with Crippen molar-refractivity contribution in [2.75, 3.05) is 11.9 Å². The van der Waals surface area contributed by atoms with E-state index in [1.165, 1.54) is 24.4 Å². The summed E-state index contributed by atoms with van der Waals surface area (Å²) >= 11 is 5.23. The van der Waals surface area contributed by atoms with Crippen LogP contribution in [-0.4, -0.2) is 29.8 Å². The number of hydrogen-bond acceptors (Lipinski definition) is 3. The largest absolute Gasteiger partial charge is 0.463 e. The Balaban J connectivity index is 2.87. The first kappa shape index (κ1) is 17.1. The van der Waals surface area contributed by atoms with Crippen molar-refractivity contribution in [1.82, 2.24) is 5.32 Å². The Kier molecular flexibility index (Phi) is 5.42. The van der Waals surface area contributed by atoms with Crippen LogP contribution in [0.4, 0.5) is 23.7 Å². The molecule has 1 aromatic carbocycles. The summed E-state index contributed by atoms with van der Waals surface area (Å²) in [5.74, 6) is -1.80. The van der Waals surface area contributed by atoms with E-state index in [4.69, 9.17) is 11.6 Å². The molecule has 116 valence electrons. The maximum Gasteiger partial charge on any atom is 0.437 e. The molecule has 0 aliphatic carbocycles. The molecule has 21 heavy (non-hydrogen) atoms. The number of nitrogens with one attached hydrogen (secondary N) is 2. The number of urea groups is 1. The van der Waals surface area contributed by atoms with Gasteiger partial charge in [0.25, 0.3) is 0 Å². The first-order valence-corrected chi connectivity index (χ1v) is 6.15. The normalized spacial score (nSPS) is 14.0. The minimum Gasteiger partial charge on any atom is -0.463 e. The molecule has 5 nitrogen and oxygen atoms in total. The van der Waals surface area contributed by atoms with E-state index >= 15 is 0 Å². The lowest BCUT2D eigenvalue weighted by molar-refractivity contribution is -0.191. The van der Waals surface area contributed by atoms with E-state index < -0.39 is 23.2 Å². The molecule has 9 heteroatoms. The molecular weight excluding hydrogens is 313 g/mol. The van der Waals surface area contributed by atoms with Gasteiger partial charge in [0, 0.05) is 5.69 Å². The highest BCUT2D eigenvalue weighted by molar-refractivity contribution is 6.35. The predicted molar refractivity (Wildman–Crippen MR) is 69.9 cm³/mol. The van der Waals surface area contributed by atoms with Gasteiger partial charge in [-0.25, -0.2) is 9.59 Å². The molecule has 1 rings (SSSR count). The van der Waals surface area contributed by atoms with Crippen LogP contribution in [0.2, 0.25) is 0 Å². The van der Waals surface area contributed by atoms with Gasteiger partial charge in [0.2, 0.25) is 0 Å². The molecule has 0 aromatic heterocycles. The third-order valence-electron chi connectivity index (χ3n) is 2.26. The number of para-hydroxylation sites is 1. The van der Waals surface area contributed by atoms with E-state index in [1.54, 1.807) is 18.2 Å². The van der Waals surface area contributed by atoms with E-state index in [0.29, 0.717) is 0 Å². The lowest BCUT2D eigenvalue weighted by Crippen LogP contribution is -2.61. The van der Waals surface area contributed by atoms with Crippen molar-refractivity contribution in [3.8, 4) is 0 Å². The van der Waals surface area contributed by atoms with E-state index in [1.807, 2.05) is 0 Å². The molecule has 0 bridgehead atoms. The van der Waals surface area contributed by atoms with Crippen LogP contribution >= 0.6 is 11.6 Å². The molecule has 0 spiro atoms. The van der Waals surface area contributed by atoms with Gasteiger partial charge in [-0.15, -0.1) is 0 Å². The Morgan fingerprint density at radius 2 is 1.81 bits per heavy atom. The maximum atomic E-state index is 12.9. The summed E-state index contributed by atoms with van der Waals surface area (Å²) in [5, 5.41) is 3.51. The van der Waals surface area contributed by atoms with Gasteiger partial charge in [0.05, 0.1) is 6.61 Å². The zero-order valence-electron chi connectivity index (χ0n) is 10.8. The number of ether oxygens (including phenoxy) is 1. The third-order valence-corrected chi connectivity index (χ3v) is 2.73. The van der Waals surface area contributed by atoms with Crippen LogP contribution in [0.15, 0.2) is 30.3 Å². The number of benzene rings is 1. The summed E-state index contributed by atoms with van der Waals surface area (Å²) in [4.78, 5) is 19.3. The SMILES string of the molecule is CCOC(=O)C(Cl)(NC(=O)Nc1ccccc1)C(F)(F)F. The van der Waals surface area contributed by atoms with Gasteiger partial charge in [0.1, 0.15) is 0 Å². The molecular formula is C12H12ClF3N2O3. The van der Waals surface area contributed by atoms with Gasteiger partial charge < -0.3 is 15.4 Å². The second-order valence-corrected chi connectivity index (χ2v) is 4.39. The molecule has 1 unspecified atom stereocenters. The van der Waals surface area contributed by atoms with Gasteiger partial charge >= 0.3 is 23.2 Å². The summed E-state index contributed by atoms with van der Waals surface area (Å²) in [6, 6.07) is 6.41. The van der Waals surface area contributed by atoms with Crippen LogP contribution < -0.4 is 10.6 Å². The van der Waals surface area contributed by atoms with E-state index in [0.717, 1.165) is 0 Å². The fourth-order valence-corrected chi connectivity index (χ4v) is 1.45. The fourth-order valence-electron chi connectivity index (χ4n) is 1.31. The number of hydrogen-bond donors (Lipinski definition) is 2. The Labute approximate surface area is 123 Å². The van der Waals surface area contributed by atoms with E-state index in [2.05, 4.69) is 10.1 Å². The van der Waals surface area contributed by atoms with Crippen molar-refractivity contribution in [3.05, 3.63) is 30.3 Å².